The van der Waals surface area contributed by atoms with Crippen molar-refractivity contribution in [1.29, 1.82) is 0 Å². The highest BCUT2D eigenvalue weighted by Gasteiger charge is 2.12. The van der Waals surface area contributed by atoms with E-state index in [1.807, 2.05) is 32.2 Å². The normalized spacial score (nSPS) is 10.5. The Hall–Kier alpha value is -1.24. The van der Waals surface area contributed by atoms with Gasteiger partial charge in [0.05, 0.1) is 9.26 Å². The summed E-state index contributed by atoms with van der Waals surface area (Å²) in [5, 5.41) is 3.13. The van der Waals surface area contributed by atoms with Crippen LogP contribution in [0.1, 0.15) is 24.7 Å². The van der Waals surface area contributed by atoms with Gasteiger partial charge in [0.2, 0.25) is 0 Å². The van der Waals surface area contributed by atoms with Crippen LogP contribution in [0.25, 0.3) is 11.5 Å². The number of halogens is 1. The molecule has 0 unspecified atom stereocenters. The molecule has 0 saturated carbocycles. The Morgan fingerprint density at radius 3 is 2.63 bits per heavy atom. The molecule has 2 aromatic heterocycles. The van der Waals surface area contributed by atoms with Crippen molar-refractivity contribution in [2.75, 3.05) is 12.4 Å². The second-order valence-electron chi connectivity index (χ2n) is 4.32. The fourth-order valence-corrected chi connectivity index (χ4v) is 2.62. The van der Waals surface area contributed by atoms with Crippen LogP contribution in [0.5, 0.6) is 0 Å². The monoisotopic (exact) mass is 368 g/mol. The van der Waals surface area contributed by atoms with E-state index in [1.165, 1.54) is 0 Å². The van der Waals surface area contributed by atoms with Crippen molar-refractivity contribution in [3.05, 3.63) is 33.2 Å². The molecule has 1 N–H and O–H groups in total. The van der Waals surface area contributed by atoms with E-state index in [1.54, 1.807) is 0 Å². The molecule has 0 aliphatic rings. The molecule has 0 radical (unpaired) electrons. The summed E-state index contributed by atoms with van der Waals surface area (Å²) in [6.07, 6.45) is 2.02. The number of anilines is 1. The molecule has 0 aliphatic carbocycles. The number of rotatable bonds is 4. The van der Waals surface area contributed by atoms with Crippen LogP contribution in [-0.2, 0) is 6.42 Å². The maximum atomic E-state index is 4.66. The van der Waals surface area contributed by atoms with Gasteiger partial charge in [0.15, 0.2) is 5.82 Å². The Morgan fingerprint density at radius 1 is 1.21 bits per heavy atom. The molecule has 4 nitrogen and oxygen atoms in total. The Morgan fingerprint density at radius 2 is 2.00 bits per heavy atom. The van der Waals surface area contributed by atoms with Crippen molar-refractivity contribution in [1.82, 2.24) is 15.0 Å². The highest BCUT2D eigenvalue weighted by molar-refractivity contribution is 14.1. The van der Waals surface area contributed by atoms with Gasteiger partial charge in [0.1, 0.15) is 11.5 Å². The van der Waals surface area contributed by atoms with Gasteiger partial charge in [-0.2, -0.15) is 0 Å². The van der Waals surface area contributed by atoms with Crippen LogP contribution in [0.2, 0.25) is 0 Å². The predicted octanol–water partition coefficient (Wildman–Crippen LogP) is 3.45. The minimum atomic E-state index is 0.692. The summed E-state index contributed by atoms with van der Waals surface area (Å²) in [5.41, 5.74) is 2.88. The number of aryl methyl sites for hydroxylation is 2. The van der Waals surface area contributed by atoms with Gasteiger partial charge in [-0.3, -0.25) is 0 Å². The maximum absolute atomic E-state index is 4.66. The number of nitrogens with zero attached hydrogens (tertiary/aromatic N) is 3. The fourth-order valence-electron chi connectivity index (χ4n) is 1.84. The van der Waals surface area contributed by atoms with E-state index in [4.69, 9.17) is 0 Å². The molecule has 19 heavy (non-hydrogen) atoms. The average Bonchev–Trinajstić information content (AvgIpc) is 2.41. The summed E-state index contributed by atoms with van der Waals surface area (Å²) in [4.78, 5) is 13.7. The summed E-state index contributed by atoms with van der Waals surface area (Å²) in [6, 6.07) is 5.91. The first-order valence-corrected chi connectivity index (χ1v) is 7.41. The molecule has 0 bridgehead atoms. The second-order valence-corrected chi connectivity index (χ2v) is 5.40. The highest BCUT2D eigenvalue weighted by atomic mass is 127. The van der Waals surface area contributed by atoms with Gasteiger partial charge in [-0.15, -0.1) is 0 Å². The number of pyridine rings is 1. The molecule has 2 heterocycles. The second kappa shape index (κ2) is 6.27. The summed E-state index contributed by atoms with van der Waals surface area (Å²) in [6.45, 7) is 4.13. The summed E-state index contributed by atoms with van der Waals surface area (Å²) >= 11 is 2.30. The summed E-state index contributed by atoms with van der Waals surface area (Å²) < 4.78 is 1.10. The molecule has 0 aromatic carbocycles. The van der Waals surface area contributed by atoms with Gasteiger partial charge < -0.3 is 5.32 Å². The third kappa shape index (κ3) is 3.20. The maximum Gasteiger partial charge on any atom is 0.180 e. The van der Waals surface area contributed by atoms with Gasteiger partial charge in [-0.25, -0.2) is 15.0 Å². The number of aromatic nitrogens is 3. The van der Waals surface area contributed by atoms with Crippen molar-refractivity contribution < 1.29 is 0 Å². The fraction of sp³-hybridized carbons (Fsp3) is 0.357. The Kier molecular flexibility index (Phi) is 4.68. The molecule has 2 aromatic rings. The zero-order chi connectivity index (χ0) is 13.8. The number of hydrogen-bond donors (Lipinski definition) is 1. The molecule has 2 rings (SSSR count). The molecular weight excluding hydrogens is 351 g/mol. The van der Waals surface area contributed by atoms with E-state index >= 15 is 0 Å². The van der Waals surface area contributed by atoms with E-state index in [-0.39, 0.29) is 0 Å². The van der Waals surface area contributed by atoms with Gasteiger partial charge in [0, 0.05) is 12.7 Å². The van der Waals surface area contributed by atoms with Crippen molar-refractivity contribution in [3.63, 3.8) is 0 Å². The molecule has 0 spiro atoms. The van der Waals surface area contributed by atoms with E-state index in [9.17, 15) is 0 Å². The van der Waals surface area contributed by atoms with Crippen LogP contribution >= 0.6 is 22.6 Å². The lowest BCUT2D eigenvalue weighted by atomic mass is 10.2. The van der Waals surface area contributed by atoms with Gasteiger partial charge >= 0.3 is 0 Å². The topological polar surface area (TPSA) is 50.7 Å². The van der Waals surface area contributed by atoms with E-state index in [0.717, 1.165) is 39.3 Å². The Bertz CT molecular complexity index is 584. The van der Waals surface area contributed by atoms with E-state index in [2.05, 4.69) is 49.8 Å². The standard InChI is InChI=1S/C14H17IN4/c1-4-6-10-12(15)14(16-3)19-13(18-10)11-8-5-7-9(2)17-11/h5,7-8H,4,6H2,1-3H3,(H,16,18,19). The van der Waals surface area contributed by atoms with Gasteiger partial charge in [-0.1, -0.05) is 19.4 Å². The van der Waals surface area contributed by atoms with Crippen LogP contribution in [0, 0.1) is 10.5 Å². The quantitative estimate of drug-likeness (QED) is 0.840. The number of hydrogen-bond acceptors (Lipinski definition) is 4. The summed E-state index contributed by atoms with van der Waals surface area (Å²) in [5.74, 6) is 1.56. The predicted molar refractivity (Wildman–Crippen MR) is 86.3 cm³/mol. The molecule has 100 valence electrons. The Labute approximate surface area is 127 Å². The third-order valence-corrected chi connectivity index (χ3v) is 3.89. The zero-order valence-electron chi connectivity index (χ0n) is 11.4. The zero-order valence-corrected chi connectivity index (χ0v) is 13.5. The molecule has 0 amide bonds. The highest BCUT2D eigenvalue weighted by Crippen LogP contribution is 2.23. The SMILES string of the molecule is CCCc1nc(-c2cccc(C)n2)nc(NC)c1I. The minimum Gasteiger partial charge on any atom is -0.372 e. The van der Waals surface area contributed by atoms with Crippen molar-refractivity contribution in [2.24, 2.45) is 0 Å². The van der Waals surface area contributed by atoms with Crippen molar-refractivity contribution >= 4 is 28.4 Å². The van der Waals surface area contributed by atoms with Gasteiger partial charge in [-0.05, 0) is 48.1 Å². The molecular formula is C14H17IN4. The lowest BCUT2D eigenvalue weighted by Gasteiger charge is -2.10. The molecule has 0 atom stereocenters. The van der Waals surface area contributed by atoms with Crippen LogP contribution in [0.15, 0.2) is 18.2 Å². The smallest absolute Gasteiger partial charge is 0.180 e. The largest absolute Gasteiger partial charge is 0.372 e. The van der Waals surface area contributed by atoms with E-state index in [0.29, 0.717) is 5.82 Å². The van der Waals surface area contributed by atoms with Crippen LogP contribution < -0.4 is 5.32 Å². The minimum absolute atomic E-state index is 0.692. The first-order chi connectivity index (χ1) is 9.15. The first-order valence-electron chi connectivity index (χ1n) is 6.34. The molecule has 0 saturated heterocycles. The van der Waals surface area contributed by atoms with Crippen molar-refractivity contribution in [2.45, 2.75) is 26.7 Å². The Balaban J connectivity index is 2.54. The van der Waals surface area contributed by atoms with Crippen LogP contribution in [0.4, 0.5) is 5.82 Å². The summed E-state index contributed by atoms with van der Waals surface area (Å²) in [7, 11) is 1.88. The van der Waals surface area contributed by atoms with Gasteiger partial charge in [0.25, 0.3) is 0 Å². The molecule has 5 heteroatoms. The molecule has 0 aliphatic heterocycles. The lowest BCUT2D eigenvalue weighted by molar-refractivity contribution is 0.866. The van der Waals surface area contributed by atoms with Crippen molar-refractivity contribution in [3.8, 4) is 11.5 Å². The first kappa shape index (κ1) is 14.2. The molecule has 0 fully saturated rings. The van der Waals surface area contributed by atoms with Crippen LogP contribution in [0.3, 0.4) is 0 Å². The third-order valence-electron chi connectivity index (χ3n) is 2.76. The lowest BCUT2D eigenvalue weighted by Crippen LogP contribution is -2.06. The van der Waals surface area contributed by atoms with E-state index < -0.39 is 0 Å². The number of nitrogens with one attached hydrogen (secondary N) is 1. The van der Waals surface area contributed by atoms with Crippen LogP contribution in [-0.4, -0.2) is 22.0 Å². The average molecular weight is 368 g/mol.